The average molecular weight is 394 g/mol. The molecule has 1 aliphatic heterocycles. The molecule has 0 N–H and O–H groups in total. The highest BCUT2D eigenvalue weighted by molar-refractivity contribution is 7.22. The molecule has 1 aliphatic rings. The lowest BCUT2D eigenvalue weighted by atomic mass is 9.92. The topological polar surface area (TPSA) is 62.5 Å². The van der Waals surface area contributed by atoms with E-state index in [9.17, 15) is 0 Å². The summed E-state index contributed by atoms with van der Waals surface area (Å²) in [4.78, 5) is 18.3. The molecule has 28 heavy (non-hydrogen) atoms. The number of rotatable bonds is 2. The molecule has 0 bridgehead atoms. The third-order valence-electron chi connectivity index (χ3n) is 5.17. The quantitative estimate of drug-likeness (QED) is 0.520. The van der Waals surface area contributed by atoms with Gasteiger partial charge in [-0.15, -0.1) is 0 Å². The van der Waals surface area contributed by atoms with Crippen molar-refractivity contribution in [2.45, 2.75) is 26.2 Å². The molecule has 7 nitrogen and oxygen atoms in total. The first-order chi connectivity index (χ1) is 13.5. The van der Waals surface area contributed by atoms with Crippen LogP contribution in [0.1, 0.15) is 26.5 Å². The predicted molar refractivity (Wildman–Crippen MR) is 114 cm³/mol. The van der Waals surface area contributed by atoms with Crippen LogP contribution in [0, 0.1) is 0 Å². The molecule has 4 aromatic rings. The Morgan fingerprint density at radius 3 is 2.57 bits per heavy atom. The van der Waals surface area contributed by atoms with Gasteiger partial charge >= 0.3 is 0 Å². The summed E-state index contributed by atoms with van der Waals surface area (Å²) in [5.41, 5.74) is 3.16. The zero-order chi connectivity index (χ0) is 19.3. The molecule has 0 unspecified atom stereocenters. The van der Waals surface area contributed by atoms with E-state index in [4.69, 9.17) is 10.1 Å². The summed E-state index contributed by atoms with van der Waals surface area (Å²) < 4.78 is 3.14. The maximum Gasteiger partial charge on any atom is 0.186 e. The second-order valence-corrected chi connectivity index (χ2v) is 9.18. The number of aromatic nitrogens is 5. The minimum atomic E-state index is 0.0176. The number of fused-ring (bicyclic) bond motifs is 2. The fourth-order valence-electron chi connectivity index (χ4n) is 3.53. The van der Waals surface area contributed by atoms with Crippen molar-refractivity contribution in [3.8, 4) is 0 Å². The summed E-state index contributed by atoms with van der Waals surface area (Å²) >= 11 is 1.74. The lowest BCUT2D eigenvalue weighted by Gasteiger charge is -2.35. The number of piperazine rings is 1. The van der Waals surface area contributed by atoms with E-state index in [2.05, 4.69) is 46.6 Å². The highest BCUT2D eigenvalue weighted by Gasteiger charge is 2.24. The molecule has 0 spiro atoms. The van der Waals surface area contributed by atoms with Gasteiger partial charge in [0.1, 0.15) is 11.0 Å². The first kappa shape index (κ1) is 17.4. The van der Waals surface area contributed by atoms with E-state index in [-0.39, 0.29) is 5.41 Å². The molecule has 0 aliphatic carbocycles. The molecule has 0 saturated carbocycles. The van der Waals surface area contributed by atoms with Crippen molar-refractivity contribution < 1.29 is 0 Å². The van der Waals surface area contributed by atoms with Crippen molar-refractivity contribution in [3.05, 3.63) is 42.6 Å². The maximum absolute atomic E-state index is 4.75. The molecule has 0 radical (unpaired) electrons. The van der Waals surface area contributed by atoms with Crippen LogP contribution in [-0.4, -0.2) is 50.7 Å². The van der Waals surface area contributed by atoms with Crippen LogP contribution in [-0.2, 0) is 5.41 Å². The minimum Gasteiger partial charge on any atom is -0.351 e. The molecular formula is C20H23N7S. The van der Waals surface area contributed by atoms with Crippen LogP contribution in [0.2, 0.25) is 0 Å². The highest BCUT2D eigenvalue weighted by atomic mass is 32.1. The first-order valence-corrected chi connectivity index (χ1v) is 10.4. The molecule has 0 amide bonds. The van der Waals surface area contributed by atoms with E-state index < -0.39 is 0 Å². The van der Waals surface area contributed by atoms with Crippen LogP contribution < -0.4 is 9.80 Å². The van der Waals surface area contributed by atoms with E-state index in [1.54, 1.807) is 11.3 Å². The van der Waals surface area contributed by atoms with Crippen LogP contribution in [0.4, 0.5) is 10.9 Å². The monoisotopic (exact) mass is 393 g/mol. The summed E-state index contributed by atoms with van der Waals surface area (Å²) in [5, 5.41) is 5.83. The Bertz CT molecular complexity index is 1100. The van der Waals surface area contributed by atoms with E-state index >= 15 is 0 Å². The molecule has 0 atom stereocenters. The van der Waals surface area contributed by atoms with Crippen molar-refractivity contribution in [3.63, 3.8) is 0 Å². The van der Waals surface area contributed by atoms with Crippen LogP contribution in [0.25, 0.3) is 15.7 Å². The zero-order valence-electron chi connectivity index (χ0n) is 16.3. The van der Waals surface area contributed by atoms with Crippen molar-refractivity contribution in [2.75, 3.05) is 36.0 Å². The van der Waals surface area contributed by atoms with E-state index in [0.717, 1.165) is 53.9 Å². The average Bonchev–Trinajstić information content (AvgIpc) is 3.32. The number of anilines is 2. The van der Waals surface area contributed by atoms with Crippen LogP contribution in [0.5, 0.6) is 0 Å². The third-order valence-corrected chi connectivity index (χ3v) is 6.26. The SMILES string of the molecule is CC(C)(C)c1cc2c(N3CCN(c4nc5cnccc5s4)CC3)nccn2n1. The van der Waals surface area contributed by atoms with E-state index in [1.165, 1.54) is 4.70 Å². The Labute approximate surface area is 167 Å². The summed E-state index contributed by atoms with van der Waals surface area (Å²) in [6.45, 7) is 10.2. The number of hydrogen-bond donors (Lipinski definition) is 0. The third kappa shape index (κ3) is 2.97. The molecule has 5 heterocycles. The number of hydrogen-bond acceptors (Lipinski definition) is 7. The van der Waals surface area contributed by atoms with Gasteiger partial charge < -0.3 is 9.80 Å². The normalized spacial score (nSPS) is 15.7. The van der Waals surface area contributed by atoms with E-state index in [1.807, 2.05) is 35.4 Å². The fraction of sp³-hybridized carbons (Fsp3) is 0.400. The van der Waals surface area contributed by atoms with Gasteiger partial charge in [-0.25, -0.2) is 14.5 Å². The lowest BCUT2D eigenvalue weighted by Crippen LogP contribution is -2.47. The molecular weight excluding hydrogens is 370 g/mol. The second-order valence-electron chi connectivity index (χ2n) is 8.17. The standard InChI is InChI=1S/C20H23N7S/c1-20(2,3)17-12-15-18(22-6-7-27(15)24-17)25-8-10-26(11-9-25)19-23-14-13-21-5-4-16(14)28-19/h4-7,12-13H,8-11H2,1-3H3. The molecule has 8 heteroatoms. The van der Waals surface area contributed by atoms with Crippen LogP contribution in [0.15, 0.2) is 36.9 Å². The van der Waals surface area contributed by atoms with Gasteiger partial charge in [-0.05, 0) is 12.1 Å². The second kappa shape index (κ2) is 6.41. The molecule has 1 fully saturated rings. The van der Waals surface area contributed by atoms with Gasteiger partial charge in [0.25, 0.3) is 0 Å². The van der Waals surface area contributed by atoms with E-state index in [0.29, 0.717) is 0 Å². The van der Waals surface area contributed by atoms with Crippen molar-refractivity contribution in [1.82, 2.24) is 24.6 Å². The maximum atomic E-state index is 4.75. The lowest BCUT2D eigenvalue weighted by molar-refractivity contribution is 0.562. The Balaban J connectivity index is 1.38. The summed E-state index contributed by atoms with van der Waals surface area (Å²) in [7, 11) is 0. The number of nitrogens with zero attached hydrogens (tertiary/aromatic N) is 7. The Morgan fingerprint density at radius 2 is 1.82 bits per heavy atom. The number of pyridine rings is 1. The Hall–Kier alpha value is -2.74. The molecule has 1 saturated heterocycles. The summed E-state index contributed by atoms with van der Waals surface area (Å²) in [6, 6.07) is 4.21. The predicted octanol–water partition coefficient (Wildman–Crippen LogP) is 3.36. The van der Waals surface area contributed by atoms with Gasteiger partial charge in [0.2, 0.25) is 0 Å². The van der Waals surface area contributed by atoms with Crippen LogP contribution in [0.3, 0.4) is 0 Å². The molecule has 4 aromatic heterocycles. The van der Waals surface area contributed by atoms with Gasteiger partial charge in [-0.2, -0.15) is 5.10 Å². The Morgan fingerprint density at radius 1 is 1.04 bits per heavy atom. The first-order valence-electron chi connectivity index (χ1n) is 9.54. The van der Waals surface area contributed by atoms with Crippen molar-refractivity contribution in [2.24, 2.45) is 0 Å². The smallest absolute Gasteiger partial charge is 0.186 e. The molecule has 144 valence electrons. The molecule has 5 rings (SSSR count). The molecule has 0 aromatic carbocycles. The van der Waals surface area contributed by atoms with Crippen LogP contribution >= 0.6 is 11.3 Å². The van der Waals surface area contributed by atoms with Gasteiger partial charge in [0, 0.05) is 50.2 Å². The van der Waals surface area contributed by atoms with Crippen molar-refractivity contribution in [1.29, 1.82) is 0 Å². The fourth-order valence-corrected chi connectivity index (χ4v) is 4.52. The van der Waals surface area contributed by atoms with Crippen molar-refractivity contribution >= 4 is 38.0 Å². The minimum absolute atomic E-state index is 0.0176. The highest BCUT2D eigenvalue weighted by Crippen LogP contribution is 2.30. The summed E-state index contributed by atoms with van der Waals surface area (Å²) in [5.74, 6) is 1.01. The van der Waals surface area contributed by atoms with Gasteiger partial charge in [0.05, 0.1) is 16.6 Å². The largest absolute Gasteiger partial charge is 0.351 e. The zero-order valence-corrected chi connectivity index (χ0v) is 17.1. The number of thiazole rings is 1. The van der Waals surface area contributed by atoms with Gasteiger partial charge in [-0.3, -0.25) is 4.98 Å². The summed E-state index contributed by atoms with van der Waals surface area (Å²) in [6.07, 6.45) is 7.43. The Kier molecular flexibility index (Phi) is 3.97. The van der Waals surface area contributed by atoms with Gasteiger partial charge in [-0.1, -0.05) is 32.1 Å². The van der Waals surface area contributed by atoms with Gasteiger partial charge in [0.15, 0.2) is 10.9 Å².